The second-order valence-electron chi connectivity index (χ2n) is 4.52. The fraction of sp³-hybridized carbons (Fsp3) is 0.462. The third-order valence-electron chi connectivity index (χ3n) is 3.40. The van der Waals surface area contributed by atoms with Crippen LogP contribution in [0, 0.1) is 0 Å². The van der Waals surface area contributed by atoms with Crippen molar-refractivity contribution >= 4 is 17.5 Å². The van der Waals surface area contributed by atoms with Crippen LogP contribution in [-0.4, -0.2) is 45.4 Å². The Morgan fingerprint density at radius 1 is 1.00 bits per heavy atom. The molecule has 2 aliphatic rings. The van der Waals surface area contributed by atoms with Gasteiger partial charge in [0.1, 0.15) is 6.61 Å². The summed E-state index contributed by atoms with van der Waals surface area (Å²) < 4.78 is 4.93. The number of cyclic esters (lactones) is 1. The Hall–Kier alpha value is -1.75. The Morgan fingerprint density at radius 3 is 2.28 bits per heavy atom. The van der Waals surface area contributed by atoms with Crippen LogP contribution in [-0.2, 0) is 4.74 Å². The van der Waals surface area contributed by atoms with E-state index in [4.69, 9.17) is 4.74 Å². The highest BCUT2D eigenvalue weighted by molar-refractivity contribution is 5.89. The van der Waals surface area contributed by atoms with Gasteiger partial charge in [0.25, 0.3) is 0 Å². The number of benzene rings is 1. The molecule has 2 aliphatic heterocycles. The van der Waals surface area contributed by atoms with E-state index < -0.39 is 0 Å². The van der Waals surface area contributed by atoms with Gasteiger partial charge in [-0.05, 0) is 24.3 Å². The Kier molecular flexibility index (Phi) is 3.06. The number of piperazine rings is 1. The number of carbonyl (C=O) groups excluding carboxylic acids is 1. The van der Waals surface area contributed by atoms with Crippen molar-refractivity contribution in [2.75, 3.05) is 49.1 Å². The predicted octanol–water partition coefficient (Wildman–Crippen LogP) is 1.05. The minimum atomic E-state index is -0.245. The first-order valence-electron chi connectivity index (χ1n) is 6.34. The summed E-state index contributed by atoms with van der Waals surface area (Å²) in [5.74, 6) is 0. The summed E-state index contributed by atoms with van der Waals surface area (Å²) in [4.78, 5) is 15.5. The van der Waals surface area contributed by atoms with Crippen molar-refractivity contribution in [3.8, 4) is 0 Å². The number of amides is 1. The minimum absolute atomic E-state index is 0.245. The second-order valence-corrected chi connectivity index (χ2v) is 4.52. The molecular weight excluding hydrogens is 230 g/mol. The smallest absolute Gasteiger partial charge is 0.414 e. The summed E-state index contributed by atoms with van der Waals surface area (Å²) >= 11 is 0. The number of carbonyl (C=O) groups is 1. The van der Waals surface area contributed by atoms with Crippen LogP contribution in [0.3, 0.4) is 0 Å². The third kappa shape index (κ3) is 2.13. The first kappa shape index (κ1) is 11.3. The number of anilines is 2. The van der Waals surface area contributed by atoms with Gasteiger partial charge in [0.05, 0.1) is 6.54 Å². The zero-order valence-electron chi connectivity index (χ0n) is 10.3. The lowest BCUT2D eigenvalue weighted by atomic mass is 10.2. The number of rotatable bonds is 2. The molecule has 0 radical (unpaired) electrons. The molecule has 0 atom stereocenters. The molecule has 96 valence electrons. The molecule has 1 amide bonds. The Labute approximate surface area is 106 Å². The van der Waals surface area contributed by atoms with E-state index in [2.05, 4.69) is 22.3 Å². The average molecular weight is 247 g/mol. The molecule has 1 aromatic carbocycles. The van der Waals surface area contributed by atoms with Crippen molar-refractivity contribution in [1.29, 1.82) is 0 Å². The molecular formula is C13H17N3O2. The molecule has 2 fully saturated rings. The van der Waals surface area contributed by atoms with Crippen molar-refractivity contribution < 1.29 is 9.53 Å². The normalized spacial score (nSPS) is 20.1. The Balaban J connectivity index is 1.74. The van der Waals surface area contributed by atoms with E-state index in [0.717, 1.165) is 31.9 Å². The minimum Gasteiger partial charge on any atom is -0.447 e. The maximum atomic E-state index is 11.4. The van der Waals surface area contributed by atoms with E-state index in [9.17, 15) is 4.79 Å². The van der Waals surface area contributed by atoms with E-state index >= 15 is 0 Å². The summed E-state index contributed by atoms with van der Waals surface area (Å²) in [6, 6.07) is 8.13. The highest BCUT2D eigenvalue weighted by Gasteiger charge is 2.23. The van der Waals surface area contributed by atoms with Gasteiger partial charge in [-0.3, -0.25) is 4.90 Å². The van der Waals surface area contributed by atoms with Gasteiger partial charge in [-0.2, -0.15) is 0 Å². The second kappa shape index (κ2) is 4.86. The topological polar surface area (TPSA) is 44.8 Å². The third-order valence-corrected chi connectivity index (χ3v) is 3.40. The summed E-state index contributed by atoms with van der Waals surface area (Å²) in [7, 11) is 0. The van der Waals surface area contributed by atoms with Crippen LogP contribution < -0.4 is 15.1 Å². The molecule has 0 aromatic heterocycles. The maximum absolute atomic E-state index is 11.4. The van der Waals surface area contributed by atoms with Crippen molar-refractivity contribution in [3.05, 3.63) is 24.3 Å². The summed E-state index contributed by atoms with van der Waals surface area (Å²) in [6.45, 7) is 5.25. The zero-order chi connectivity index (χ0) is 12.4. The maximum Gasteiger partial charge on any atom is 0.414 e. The Bertz CT molecular complexity index is 426. The van der Waals surface area contributed by atoms with E-state index in [0.29, 0.717) is 13.2 Å². The van der Waals surface area contributed by atoms with Crippen molar-refractivity contribution in [2.45, 2.75) is 0 Å². The molecule has 0 aliphatic carbocycles. The van der Waals surface area contributed by atoms with E-state index in [1.54, 1.807) is 4.90 Å². The standard InChI is InChI=1S/C13H17N3O2/c17-13-16(9-10-18-13)12-3-1-11(2-4-12)15-7-5-14-6-8-15/h1-4,14H,5-10H2. The molecule has 2 saturated heterocycles. The highest BCUT2D eigenvalue weighted by Crippen LogP contribution is 2.23. The van der Waals surface area contributed by atoms with Crippen LogP contribution >= 0.6 is 0 Å². The van der Waals surface area contributed by atoms with Crippen LogP contribution in [0.5, 0.6) is 0 Å². The largest absolute Gasteiger partial charge is 0.447 e. The molecule has 3 rings (SSSR count). The lowest BCUT2D eigenvalue weighted by molar-refractivity contribution is 0.181. The molecule has 1 aromatic rings. The van der Waals surface area contributed by atoms with E-state index in [1.807, 2.05) is 12.1 Å². The van der Waals surface area contributed by atoms with Crippen LogP contribution in [0.25, 0.3) is 0 Å². The number of nitrogens with zero attached hydrogens (tertiary/aromatic N) is 2. The van der Waals surface area contributed by atoms with Gasteiger partial charge in [0.2, 0.25) is 0 Å². The van der Waals surface area contributed by atoms with Gasteiger partial charge >= 0.3 is 6.09 Å². The fourth-order valence-corrected chi connectivity index (χ4v) is 2.39. The molecule has 5 heteroatoms. The number of nitrogens with one attached hydrogen (secondary N) is 1. The molecule has 0 bridgehead atoms. The van der Waals surface area contributed by atoms with Crippen LogP contribution in [0.1, 0.15) is 0 Å². The van der Waals surface area contributed by atoms with Gasteiger partial charge in [-0.25, -0.2) is 4.79 Å². The fourth-order valence-electron chi connectivity index (χ4n) is 2.39. The lowest BCUT2D eigenvalue weighted by Gasteiger charge is -2.29. The quantitative estimate of drug-likeness (QED) is 0.848. The van der Waals surface area contributed by atoms with Crippen molar-refractivity contribution in [1.82, 2.24) is 5.32 Å². The molecule has 5 nitrogen and oxygen atoms in total. The van der Waals surface area contributed by atoms with Gasteiger partial charge < -0.3 is 15.0 Å². The molecule has 0 unspecified atom stereocenters. The zero-order valence-corrected chi connectivity index (χ0v) is 10.3. The average Bonchev–Trinajstić information content (AvgIpc) is 2.86. The van der Waals surface area contributed by atoms with Crippen LogP contribution in [0.4, 0.5) is 16.2 Å². The van der Waals surface area contributed by atoms with Crippen LogP contribution in [0.2, 0.25) is 0 Å². The van der Waals surface area contributed by atoms with Crippen LogP contribution in [0.15, 0.2) is 24.3 Å². The predicted molar refractivity (Wildman–Crippen MR) is 70.2 cm³/mol. The number of ether oxygens (including phenoxy) is 1. The Morgan fingerprint density at radius 2 is 1.67 bits per heavy atom. The molecule has 18 heavy (non-hydrogen) atoms. The van der Waals surface area contributed by atoms with E-state index in [-0.39, 0.29) is 6.09 Å². The molecule has 1 N–H and O–H groups in total. The molecule has 0 saturated carbocycles. The monoisotopic (exact) mass is 247 g/mol. The van der Waals surface area contributed by atoms with E-state index in [1.165, 1.54) is 5.69 Å². The number of hydrogen-bond acceptors (Lipinski definition) is 4. The molecule has 2 heterocycles. The van der Waals surface area contributed by atoms with Crippen molar-refractivity contribution in [2.24, 2.45) is 0 Å². The summed E-state index contributed by atoms with van der Waals surface area (Å²) in [5, 5.41) is 3.34. The highest BCUT2D eigenvalue weighted by atomic mass is 16.6. The van der Waals surface area contributed by atoms with Gasteiger partial charge in [-0.15, -0.1) is 0 Å². The lowest BCUT2D eigenvalue weighted by Crippen LogP contribution is -2.43. The SMILES string of the molecule is O=C1OCCN1c1ccc(N2CCNCC2)cc1. The first-order valence-corrected chi connectivity index (χ1v) is 6.34. The first-order chi connectivity index (χ1) is 8.84. The van der Waals surface area contributed by atoms with Crippen molar-refractivity contribution in [3.63, 3.8) is 0 Å². The van der Waals surface area contributed by atoms with Gasteiger partial charge in [-0.1, -0.05) is 0 Å². The molecule has 0 spiro atoms. The van der Waals surface area contributed by atoms with Gasteiger partial charge in [0.15, 0.2) is 0 Å². The van der Waals surface area contributed by atoms with Gasteiger partial charge in [0, 0.05) is 37.6 Å². The summed E-state index contributed by atoms with van der Waals surface area (Å²) in [5.41, 5.74) is 2.13. The summed E-state index contributed by atoms with van der Waals surface area (Å²) in [6.07, 6.45) is -0.245. The number of hydrogen-bond donors (Lipinski definition) is 1.